The summed E-state index contributed by atoms with van der Waals surface area (Å²) in [5.41, 5.74) is 3.67. The lowest BCUT2D eigenvalue weighted by molar-refractivity contribution is -0.114. The van der Waals surface area contributed by atoms with Gasteiger partial charge in [0.25, 0.3) is 5.91 Å². The van der Waals surface area contributed by atoms with E-state index in [9.17, 15) is 4.79 Å². The number of amides is 1. The molecule has 0 aliphatic carbocycles. The van der Waals surface area contributed by atoms with Crippen LogP contribution < -0.4 is 20.3 Å². The summed E-state index contributed by atoms with van der Waals surface area (Å²) in [5.74, 6) is 0.739. The van der Waals surface area contributed by atoms with Crippen LogP contribution in [0.1, 0.15) is 5.56 Å². The van der Waals surface area contributed by atoms with E-state index < -0.39 is 0 Å². The van der Waals surface area contributed by atoms with Crippen molar-refractivity contribution in [3.8, 4) is 5.75 Å². The lowest BCUT2D eigenvalue weighted by Crippen LogP contribution is -2.43. The van der Waals surface area contributed by atoms with Gasteiger partial charge in [0.05, 0.1) is 11.3 Å². The van der Waals surface area contributed by atoms with Crippen molar-refractivity contribution in [2.24, 2.45) is 0 Å². The maximum Gasteiger partial charge on any atom is 0.271 e. The number of fused-ring (bicyclic) bond motifs is 1. The van der Waals surface area contributed by atoms with Crippen molar-refractivity contribution in [1.29, 1.82) is 0 Å². The number of carbonyl (C=O) groups excluding carboxylic acids is 1. The number of nitrogens with one attached hydrogen (secondary N) is 2. The molecule has 1 fully saturated rings. The number of ether oxygens (including phenoxy) is 1. The smallest absolute Gasteiger partial charge is 0.271 e. The topological polar surface area (TPSA) is 56.8 Å². The molecule has 3 heterocycles. The van der Waals surface area contributed by atoms with Gasteiger partial charge < -0.3 is 25.2 Å². The van der Waals surface area contributed by atoms with Crippen molar-refractivity contribution in [1.82, 2.24) is 10.2 Å². The molecule has 2 aromatic rings. The maximum atomic E-state index is 13.0. The minimum absolute atomic E-state index is 0.0799. The van der Waals surface area contributed by atoms with Gasteiger partial charge in [0.1, 0.15) is 18.1 Å². The van der Waals surface area contributed by atoms with Crippen LogP contribution in [0.2, 0.25) is 0 Å². The van der Waals surface area contributed by atoms with Crippen LogP contribution in [-0.2, 0) is 11.4 Å². The summed E-state index contributed by atoms with van der Waals surface area (Å²) in [4.78, 5) is 17.4. The number of carbonyl (C=O) groups is 1. The minimum atomic E-state index is -0.0799. The predicted octanol–water partition coefficient (Wildman–Crippen LogP) is 3.44. The summed E-state index contributed by atoms with van der Waals surface area (Å²) in [6.45, 7) is 4.47. The van der Waals surface area contributed by atoms with Crippen LogP contribution >= 0.6 is 11.8 Å². The number of benzene rings is 2. The van der Waals surface area contributed by atoms with Crippen LogP contribution in [0.15, 0.2) is 71.8 Å². The Hall–Kier alpha value is -2.90. The van der Waals surface area contributed by atoms with E-state index in [0.717, 1.165) is 48.9 Å². The molecule has 2 unspecified atom stereocenters. The van der Waals surface area contributed by atoms with E-state index in [1.807, 2.05) is 43.4 Å². The summed E-state index contributed by atoms with van der Waals surface area (Å²) in [6.07, 6.45) is 4.21. The Balaban J connectivity index is 1.22. The van der Waals surface area contributed by atoms with Crippen molar-refractivity contribution < 1.29 is 9.53 Å². The number of para-hydroxylation sites is 1. The lowest BCUT2D eigenvalue weighted by atomic mass is 10.2. The molecule has 0 aromatic heterocycles. The van der Waals surface area contributed by atoms with Crippen molar-refractivity contribution in [3.05, 3.63) is 77.4 Å². The number of anilines is 2. The van der Waals surface area contributed by atoms with Crippen molar-refractivity contribution in [2.45, 2.75) is 17.9 Å². The van der Waals surface area contributed by atoms with Crippen LogP contribution in [0, 0.1) is 0 Å². The van der Waals surface area contributed by atoms with Crippen molar-refractivity contribution in [2.75, 3.05) is 43.4 Å². The molecule has 2 atom stereocenters. The molecule has 3 aliphatic rings. The Morgan fingerprint density at radius 1 is 1.16 bits per heavy atom. The molecule has 0 saturated carbocycles. The number of likely N-dealkylation sites (N-methyl/N-ethyl adjacent to an activating group) is 1. The monoisotopic (exact) mass is 448 g/mol. The fourth-order valence-electron chi connectivity index (χ4n) is 4.36. The van der Waals surface area contributed by atoms with Gasteiger partial charge in [0.15, 0.2) is 0 Å². The molecule has 7 heteroatoms. The quantitative estimate of drug-likeness (QED) is 0.706. The molecule has 0 bridgehead atoms. The molecule has 2 N–H and O–H groups in total. The van der Waals surface area contributed by atoms with E-state index in [1.165, 1.54) is 5.69 Å². The third kappa shape index (κ3) is 4.36. The highest BCUT2D eigenvalue weighted by atomic mass is 32.2. The normalized spacial score (nSPS) is 22.0. The highest BCUT2D eigenvalue weighted by Crippen LogP contribution is 2.36. The van der Waals surface area contributed by atoms with Crippen LogP contribution in [-0.4, -0.2) is 55.3 Å². The van der Waals surface area contributed by atoms with E-state index in [0.29, 0.717) is 11.9 Å². The first kappa shape index (κ1) is 21.0. The minimum Gasteiger partial charge on any atom is -0.489 e. The van der Waals surface area contributed by atoms with E-state index >= 15 is 0 Å². The van der Waals surface area contributed by atoms with Gasteiger partial charge in [0.2, 0.25) is 0 Å². The Bertz CT molecular complexity index is 1030. The van der Waals surface area contributed by atoms with Gasteiger partial charge >= 0.3 is 0 Å². The summed E-state index contributed by atoms with van der Waals surface area (Å²) in [5, 5.41) is 8.90. The molecule has 2 aromatic carbocycles. The maximum absolute atomic E-state index is 13.0. The van der Waals surface area contributed by atoms with E-state index in [4.69, 9.17) is 4.74 Å². The number of nitrogens with zero attached hydrogens (tertiary/aromatic N) is 2. The largest absolute Gasteiger partial charge is 0.489 e. The Morgan fingerprint density at radius 2 is 1.94 bits per heavy atom. The van der Waals surface area contributed by atoms with Crippen LogP contribution in [0.4, 0.5) is 11.4 Å². The van der Waals surface area contributed by atoms with Gasteiger partial charge in [-0.15, -0.1) is 11.8 Å². The molecule has 5 rings (SSSR count). The SMILES string of the molecule is CN1C(C(=O)Nc2ccccc2COc2ccc(N3CCNCC3)cc2)=CC2SC=CC21. The zero-order chi connectivity index (χ0) is 21.9. The van der Waals surface area contributed by atoms with Crippen LogP contribution in [0.3, 0.4) is 0 Å². The average molecular weight is 449 g/mol. The van der Waals surface area contributed by atoms with Gasteiger partial charge in [-0.3, -0.25) is 4.79 Å². The van der Waals surface area contributed by atoms with Crippen molar-refractivity contribution >= 4 is 29.0 Å². The number of hydrogen-bond acceptors (Lipinski definition) is 6. The molecular formula is C25H28N4O2S. The number of thioether (sulfide) groups is 1. The molecule has 1 saturated heterocycles. The predicted molar refractivity (Wildman–Crippen MR) is 131 cm³/mol. The third-order valence-electron chi connectivity index (χ3n) is 6.21. The fourth-order valence-corrected chi connectivity index (χ4v) is 5.43. The molecule has 0 radical (unpaired) electrons. The van der Waals surface area contributed by atoms with Gasteiger partial charge in [-0.2, -0.15) is 0 Å². The molecule has 166 valence electrons. The van der Waals surface area contributed by atoms with Crippen LogP contribution in [0.5, 0.6) is 5.75 Å². The summed E-state index contributed by atoms with van der Waals surface area (Å²) < 4.78 is 6.04. The average Bonchev–Trinajstić information content (AvgIpc) is 3.42. The highest BCUT2D eigenvalue weighted by Gasteiger charge is 2.36. The fraction of sp³-hybridized carbons (Fsp3) is 0.320. The first-order chi connectivity index (χ1) is 15.7. The third-order valence-corrected chi connectivity index (χ3v) is 7.25. The molecular weight excluding hydrogens is 420 g/mol. The lowest BCUT2D eigenvalue weighted by Gasteiger charge is -2.29. The van der Waals surface area contributed by atoms with Gasteiger partial charge in [-0.1, -0.05) is 24.3 Å². The Kier molecular flexibility index (Phi) is 6.10. The first-order valence-corrected chi connectivity index (χ1v) is 12.0. The standard InChI is InChI=1S/C25H28N4O2S/c1-28-22-10-15-32-24(22)16-23(28)25(30)27-21-5-3-2-4-18(21)17-31-20-8-6-19(7-9-20)29-13-11-26-12-14-29/h2-10,15-16,22,24,26H,11-14,17H2,1H3,(H,27,30). The molecule has 0 spiro atoms. The Labute approximate surface area is 193 Å². The Morgan fingerprint density at radius 3 is 2.72 bits per heavy atom. The van der Waals surface area contributed by atoms with E-state index in [-0.39, 0.29) is 11.9 Å². The summed E-state index contributed by atoms with van der Waals surface area (Å²) in [6, 6.07) is 16.3. The van der Waals surface area contributed by atoms with Gasteiger partial charge in [0, 0.05) is 50.2 Å². The summed E-state index contributed by atoms with van der Waals surface area (Å²) in [7, 11) is 1.98. The van der Waals surface area contributed by atoms with Crippen LogP contribution in [0.25, 0.3) is 0 Å². The van der Waals surface area contributed by atoms with E-state index in [1.54, 1.807) is 11.8 Å². The zero-order valence-electron chi connectivity index (χ0n) is 18.2. The second-order valence-electron chi connectivity index (χ2n) is 8.21. The second-order valence-corrected chi connectivity index (χ2v) is 9.30. The molecule has 32 heavy (non-hydrogen) atoms. The zero-order valence-corrected chi connectivity index (χ0v) is 19.0. The number of piperazine rings is 1. The first-order valence-electron chi connectivity index (χ1n) is 11.0. The number of hydrogen-bond donors (Lipinski definition) is 2. The number of rotatable bonds is 6. The van der Waals surface area contributed by atoms with Gasteiger partial charge in [-0.05, 0) is 41.8 Å². The highest BCUT2D eigenvalue weighted by molar-refractivity contribution is 8.03. The molecule has 6 nitrogen and oxygen atoms in total. The van der Waals surface area contributed by atoms with Crippen molar-refractivity contribution in [3.63, 3.8) is 0 Å². The summed E-state index contributed by atoms with van der Waals surface area (Å²) >= 11 is 1.76. The van der Waals surface area contributed by atoms with E-state index in [2.05, 4.69) is 50.1 Å². The second kappa shape index (κ2) is 9.30. The molecule has 3 aliphatic heterocycles. The molecule has 1 amide bonds. The van der Waals surface area contributed by atoms with Gasteiger partial charge in [-0.25, -0.2) is 0 Å².